The Balaban J connectivity index is 3.92. The summed E-state index contributed by atoms with van der Waals surface area (Å²) >= 11 is 0. The number of hydrogen-bond donors (Lipinski definition) is 4. The Morgan fingerprint density at radius 1 is 1.11 bits per heavy atom. The van der Waals surface area contributed by atoms with E-state index in [9.17, 15) is 14.4 Å². The first-order valence-corrected chi connectivity index (χ1v) is 5.96. The minimum absolute atomic E-state index is 0.0834. The standard InChI is InChI=1S/C11H20N2O5/c1-2-3-4-5-9(14)13-12-8(11(17)18)6-7-10(15)16/h8,12H,2-7H2,1H3,(H,13,14)(H,15,16)(H,17,18). The van der Waals surface area contributed by atoms with E-state index in [2.05, 4.69) is 10.9 Å². The van der Waals surface area contributed by atoms with Gasteiger partial charge in [-0.1, -0.05) is 19.8 Å². The fourth-order valence-electron chi connectivity index (χ4n) is 1.29. The first kappa shape index (κ1) is 16.4. The van der Waals surface area contributed by atoms with Crippen molar-refractivity contribution in [2.24, 2.45) is 0 Å². The highest BCUT2D eigenvalue weighted by molar-refractivity contribution is 5.78. The Morgan fingerprint density at radius 2 is 1.78 bits per heavy atom. The summed E-state index contributed by atoms with van der Waals surface area (Å²) in [5.74, 6) is -2.55. The van der Waals surface area contributed by atoms with Gasteiger partial charge in [0, 0.05) is 12.8 Å². The quantitative estimate of drug-likeness (QED) is 0.336. The second kappa shape index (κ2) is 9.41. The molecule has 0 saturated heterocycles. The molecule has 0 aromatic rings. The molecule has 1 amide bonds. The molecule has 0 radical (unpaired) electrons. The molecule has 4 N–H and O–H groups in total. The van der Waals surface area contributed by atoms with E-state index in [0.29, 0.717) is 6.42 Å². The molecule has 0 spiro atoms. The highest BCUT2D eigenvalue weighted by Crippen LogP contribution is 1.99. The molecule has 0 aromatic carbocycles. The van der Waals surface area contributed by atoms with E-state index in [1.54, 1.807) is 0 Å². The molecular weight excluding hydrogens is 240 g/mol. The summed E-state index contributed by atoms with van der Waals surface area (Å²) in [5.41, 5.74) is 4.62. The maximum absolute atomic E-state index is 11.3. The van der Waals surface area contributed by atoms with Gasteiger partial charge in [0.2, 0.25) is 5.91 Å². The second-order valence-electron chi connectivity index (χ2n) is 3.97. The van der Waals surface area contributed by atoms with Gasteiger partial charge in [-0.25, -0.2) is 5.43 Å². The third kappa shape index (κ3) is 8.51. The molecule has 0 aliphatic carbocycles. The summed E-state index contributed by atoms with van der Waals surface area (Å²) in [6, 6.07) is -1.09. The van der Waals surface area contributed by atoms with Crippen LogP contribution in [0.1, 0.15) is 45.4 Å². The van der Waals surface area contributed by atoms with E-state index in [0.717, 1.165) is 19.3 Å². The summed E-state index contributed by atoms with van der Waals surface area (Å²) in [4.78, 5) is 32.4. The average molecular weight is 260 g/mol. The molecule has 0 heterocycles. The zero-order valence-corrected chi connectivity index (χ0v) is 10.4. The fourth-order valence-corrected chi connectivity index (χ4v) is 1.29. The Hall–Kier alpha value is -1.63. The van der Waals surface area contributed by atoms with Crippen LogP contribution in [0.15, 0.2) is 0 Å². The highest BCUT2D eigenvalue weighted by atomic mass is 16.4. The molecule has 104 valence electrons. The monoisotopic (exact) mass is 260 g/mol. The number of rotatable bonds is 10. The van der Waals surface area contributed by atoms with Crippen LogP contribution in [0.3, 0.4) is 0 Å². The Morgan fingerprint density at radius 3 is 2.28 bits per heavy atom. The summed E-state index contributed by atoms with van der Waals surface area (Å²) < 4.78 is 0. The summed E-state index contributed by atoms with van der Waals surface area (Å²) in [7, 11) is 0. The van der Waals surface area contributed by atoms with Crippen LogP contribution in [0, 0.1) is 0 Å². The van der Waals surface area contributed by atoms with Gasteiger partial charge in [-0.2, -0.15) is 0 Å². The van der Waals surface area contributed by atoms with Crippen LogP contribution in [0.5, 0.6) is 0 Å². The minimum atomic E-state index is -1.19. The molecule has 0 saturated carbocycles. The Bertz CT molecular complexity index is 293. The number of hydrogen-bond acceptors (Lipinski definition) is 4. The van der Waals surface area contributed by atoms with Crippen LogP contribution < -0.4 is 10.9 Å². The van der Waals surface area contributed by atoms with Gasteiger partial charge in [-0.15, -0.1) is 0 Å². The summed E-state index contributed by atoms with van der Waals surface area (Å²) in [6.45, 7) is 2.02. The van der Waals surface area contributed by atoms with Crippen LogP contribution in [-0.2, 0) is 14.4 Å². The van der Waals surface area contributed by atoms with Crippen molar-refractivity contribution in [1.82, 2.24) is 10.9 Å². The summed E-state index contributed by atoms with van der Waals surface area (Å²) in [6.07, 6.45) is 2.66. The number of aliphatic carboxylic acids is 2. The lowest BCUT2D eigenvalue weighted by Gasteiger charge is -2.14. The number of amides is 1. The molecular formula is C11H20N2O5. The van der Waals surface area contributed by atoms with Crippen molar-refractivity contribution in [3.8, 4) is 0 Å². The second-order valence-corrected chi connectivity index (χ2v) is 3.97. The van der Waals surface area contributed by atoms with Crippen molar-refractivity contribution in [3.63, 3.8) is 0 Å². The van der Waals surface area contributed by atoms with Gasteiger partial charge in [0.05, 0.1) is 0 Å². The van der Waals surface area contributed by atoms with Gasteiger partial charge >= 0.3 is 11.9 Å². The topological polar surface area (TPSA) is 116 Å². The molecule has 1 unspecified atom stereocenters. The number of hydrazine groups is 1. The lowest BCUT2D eigenvalue weighted by molar-refractivity contribution is -0.141. The highest BCUT2D eigenvalue weighted by Gasteiger charge is 2.18. The predicted octanol–water partition coefficient (Wildman–Crippen LogP) is 0.506. The molecule has 0 fully saturated rings. The van der Waals surface area contributed by atoms with Crippen molar-refractivity contribution in [3.05, 3.63) is 0 Å². The van der Waals surface area contributed by atoms with Crippen molar-refractivity contribution < 1.29 is 24.6 Å². The number of carbonyl (C=O) groups is 3. The van der Waals surface area contributed by atoms with E-state index in [1.807, 2.05) is 6.92 Å². The zero-order chi connectivity index (χ0) is 14.0. The average Bonchev–Trinajstić information content (AvgIpc) is 2.28. The summed E-state index contributed by atoms with van der Waals surface area (Å²) in [5, 5.41) is 17.3. The minimum Gasteiger partial charge on any atom is -0.481 e. The number of carboxylic acid groups (broad SMARTS) is 2. The smallest absolute Gasteiger partial charge is 0.322 e. The normalized spacial score (nSPS) is 11.8. The molecule has 7 heteroatoms. The van der Waals surface area contributed by atoms with E-state index in [4.69, 9.17) is 10.2 Å². The van der Waals surface area contributed by atoms with Gasteiger partial charge in [0.1, 0.15) is 6.04 Å². The lowest BCUT2D eigenvalue weighted by atomic mass is 10.1. The zero-order valence-electron chi connectivity index (χ0n) is 10.4. The fraction of sp³-hybridized carbons (Fsp3) is 0.727. The molecule has 18 heavy (non-hydrogen) atoms. The number of nitrogens with one attached hydrogen (secondary N) is 2. The maximum Gasteiger partial charge on any atom is 0.322 e. The third-order valence-electron chi connectivity index (χ3n) is 2.34. The van der Waals surface area contributed by atoms with Gasteiger partial charge < -0.3 is 10.2 Å². The molecule has 0 aliphatic rings. The largest absolute Gasteiger partial charge is 0.481 e. The van der Waals surface area contributed by atoms with E-state index < -0.39 is 18.0 Å². The van der Waals surface area contributed by atoms with Crippen molar-refractivity contribution in [2.75, 3.05) is 0 Å². The van der Waals surface area contributed by atoms with Crippen molar-refractivity contribution in [1.29, 1.82) is 0 Å². The van der Waals surface area contributed by atoms with Crippen LogP contribution in [0.25, 0.3) is 0 Å². The van der Waals surface area contributed by atoms with Gasteiger partial charge in [-0.3, -0.25) is 19.8 Å². The van der Waals surface area contributed by atoms with Gasteiger partial charge in [0.25, 0.3) is 0 Å². The van der Waals surface area contributed by atoms with Crippen LogP contribution in [-0.4, -0.2) is 34.1 Å². The number of unbranched alkanes of at least 4 members (excludes halogenated alkanes) is 2. The third-order valence-corrected chi connectivity index (χ3v) is 2.34. The predicted molar refractivity (Wildman–Crippen MR) is 63.7 cm³/mol. The molecule has 0 rings (SSSR count). The first-order valence-electron chi connectivity index (χ1n) is 5.96. The molecule has 7 nitrogen and oxygen atoms in total. The van der Waals surface area contributed by atoms with Crippen molar-refractivity contribution in [2.45, 2.75) is 51.5 Å². The van der Waals surface area contributed by atoms with Gasteiger partial charge in [-0.05, 0) is 12.8 Å². The SMILES string of the molecule is CCCCCC(=O)NNC(CCC(=O)O)C(=O)O. The number of carboxylic acids is 2. The Kier molecular flexibility index (Phi) is 8.55. The van der Waals surface area contributed by atoms with Crippen LogP contribution in [0.4, 0.5) is 0 Å². The molecule has 0 aliphatic heterocycles. The van der Waals surface area contributed by atoms with E-state index in [1.165, 1.54) is 0 Å². The van der Waals surface area contributed by atoms with Crippen LogP contribution >= 0.6 is 0 Å². The molecule has 0 bridgehead atoms. The Labute approximate surface area is 106 Å². The number of carbonyl (C=O) groups excluding carboxylic acids is 1. The van der Waals surface area contributed by atoms with E-state index in [-0.39, 0.29) is 18.7 Å². The van der Waals surface area contributed by atoms with Crippen molar-refractivity contribution >= 4 is 17.8 Å². The lowest BCUT2D eigenvalue weighted by Crippen LogP contribution is -2.48. The first-order chi connectivity index (χ1) is 8.47. The van der Waals surface area contributed by atoms with E-state index >= 15 is 0 Å². The molecule has 0 aromatic heterocycles. The van der Waals surface area contributed by atoms with Gasteiger partial charge in [0.15, 0.2) is 0 Å². The molecule has 1 atom stereocenters. The van der Waals surface area contributed by atoms with Crippen LogP contribution in [0.2, 0.25) is 0 Å². The maximum atomic E-state index is 11.3.